The number of carbonyl (C=O) groups excluding carboxylic acids is 1. The molecule has 122 valence electrons. The Labute approximate surface area is 124 Å². The normalized spacial score (nSPS) is 11.1. The molecule has 1 N–H and O–H groups in total. The second kappa shape index (κ2) is 7.62. The van der Waals surface area contributed by atoms with Gasteiger partial charge in [0.25, 0.3) is 5.91 Å². The Kier molecular flexibility index (Phi) is 6.14. The SMILES string of the molecule is CCN(CCC(=O)O)C(=O)c1ccnc(OCC(F)(F)F)c1. The van der Waals surface area contributed by atoms with Crippen molar-refractivity contribution in [3.8, 4) is 5.88 Å². The first-order valence-corrected chi connectivity index (χ1v) is 6.39. The van der Waals surface area contributed by atoms with Gasteiger partial charge in [-0.1, -0.05) is 0 Å². The van der Waals surface area contributed by atoms with E-state index >= 15 is 0 Å². The summed E-state index contributed by atoms with van der Waals surface area (Å²) >= 11 is 0. The van der Waals surface area contributed by atoms with Gasteiger partial charge in [0.2, 0.25) is 5.88 Å². The molecule has 0 aliphatic rings. The Morgan fingerprint density at radius 3 is 2.64 bits per heavy atom. The van der Waals surface area contributed by atoms with Crippen molar-refractivity contribution in [3.05, 3.63) is 23.9 Å². The zero-order valence-electron chi connectivity index (χ0n) is 11.8. The maximum atomic E-state index is 12.2. The lowest BCUT2D eigenvalue weighted by atomic mass is 10.2. The fourth-order valence-corrected chi connectivity index (χ4v) is 1.59. The molecule has 1 rings (SSSR count). The van der Waals surface area contributed by atoms with Crippen molar-refractivity contribution >= 4 is 11.9 Å². The van der Waals surface area contributed by atoms with Crippen LogP contribution in [0.5, 0.6) is 5.88 Å². The zero-order valence-corrected chi connectivity index (χ0v) is 11.8. The Balaban J connectivity index is 2.77. The van der Waals surface area contributed by atoms with E-state index in [1.807, 2.05) is 0 Å². The topological polar surface area (TPSA) is 79.7 Å². The third kappa shape index (κ3) is 5.98. The average molecular weight is 320 g/mol. The lowest BCUT2D eigenvalue weighted by Gasteiger charge is -2.20. The highest BCUT2D eigenvalue weighted by molar-refractivity contribution is 5.94. The highest BCUT2D eigenvalue weighted by Gasteiger charge is 2.28. The summed E-state index contributed by atoms with van der Waals surface area (Å²) in [5, 5.41) is 8.63. The molecule has 9 heteroatoms. The van der Waals surface area contributed by atoms with Crippen molar-refractivity contribution in [1.82, 2.24) is 9.88 Å². The molecule has 0 atom stereocenters. The van der Waals surface area contributed by atoms with E-state index in [4.69, 9.17) is 5.11 Å². The third-order valence-corrected chi connectivity index (χ3v) is 2.63. The van der Waals surface area contributed by atoms with Gasteiger partial charge in [0.1, 0.15) is 0 Å². The van der Waals surface area contributed by atoms with Crippen molar-refractivity contribution in [2.24, 2.45) is 0 Å². The van der Waals surface area contributed by atoms with Crippen LogP contribution in [0.4, 0.5) is 13.2 Å². The summed E-state index contributed by atoms with van der Waals surface area (Å²) in [5.41, 5.74) is 0.0828. The summed E-state index contributed by atoms with van der Waals surface area (Å²) in [5.74, 6) is -1.87. The summed E-state index contributed by atoms with van der Waals surface area (Å²) in [4.78, 5) is 27.6. The predicted molar refractivity (Wildman–Crippen MR) is 69.6 cm³/mol. The number of halogens is 3. The Morgan fingerprint density at radius 1 is 1.41 bits per heavy atom. The van der Waals surface area contributed by atoms with E-state index in [9.17, 15) is 22.8 Å². The van der Waals surface area contributed by atoms with Crippen LogP contribution in [-0.2, 0) is 4.79 Å². The van der Waals surface area contributed by atoms with Crippen molar-refractivity contribution in [2.75, 3.05) is 19.7 Å². The van der Waals surface area contributed by atoms with E-state index in [-0.39, 0.29) is 31.0 Å². The van der Waals surface area contributed by atoms with Crippen LogP contribution in [0.3, 0.4) is 0 Å². The van der Waals surface area contributed by atoms with Crippen molar-refractivity contribution < 1.29 is 32.6 Å². The van der Waals surface area contributed by atoms with Gasteiger partial charge in [0.05, 0.1) is 6.42 Å². The predicted octanol–water partition coefficient (Wildman–Crippen LogP) is 1.96. The molecule has 1 aromatic heterocycles. The standard InChI is InChI=1S/C13H15F3N2O4/c1-2-18(6-4-11(19)20)12(21)9-3-5-17-10(7-9)22-8-13(14,15)16/h3,5,7H,2,4,6,8H2,1H3,(H,19,20). The zero-order chi connectivity index (χ0) is 16.8. The first-order valence-electron chi connectivity index (χ1n) is 6.39. The number of carboxylic acid groups (broad SMARTS) is 1. The highest BCUT2D eigenvalue weighted by atomic mass is 19.4. The number of ether oxygens (including phenoxy) is 1. The number of alkyl halides is 3. The average Bonchev–Trinajstić information content (AvgIpc) is 2.45. The molecule has 0 saturated carbocycles. The quantitative estimate of drug-likeness (QED) is 0.831. The number of nitrogens with zero attached hydrogens (tertiary/aromatic N) is 2. The second-order valence-electron chi connectivity index (χ2n) is 4.32. The third-order valence-electron chi connectivity index (χ3n) is 2.63. The number of rotatable bonds is 7. The maximum absolute atomic E-state index is 12.2. The van der Waals surface area contributed by atoms with Crippen molar-refractivity contribution in [2.45, 2.75) is 19.5 Å². The summed E-state index contributed by atoms with van der Waals surface area (Å²) in [7, 11) is 0. The minimum Gasteiger partial charge on any atom is -0.481 e. The number of amides is 1. The second-order valence-corrected chi connectivity index (χ2v) is 4.32. The van der Waals surface area contributed by atoms with E-state index in [2.05, 4.69) is 9.72 Å². The Morgan fingerprint density at radius 2 is 2.09 bits per heavy atom. The van der Waals surface area contributed by atoms with Gasteiger partial charge in [0, 0.05) is 30.9 Å². The lowest BCUT2D eigenvalue weighted by Crippen LogP contribution is -2.32. The molecule has 6 nitrogen and oxygen atoms in total. The summed E-state index contributed by atoms with van der Waals surface area (Å²) in [6.45, 7) is 0.440. The van der Waals surface area contributed by atoms with Crippen LogP contribution in [0.25, 0.3) is 0 Å². The largest absolute Gasteiger partial charge is 0.481 e. The summed E-state index contributed by atoms with van der Waals surface area (Å²) in [6, 6.07) is 2.42. The van der Waals surface area contributed by atoms with Crippen LogP contribution < -0.4 is 4.74 Å². The molecule has 0 aliphatic heterocycles. The monoisotopic (exact) mass is 320 g/mol. The molecule has 22 heavy (non-hydrogen) atoms. The Bertz CT molecular complexity index is 534. The number of carbonyl (C=O) groups is 2. The van der Waals surface area contributed by atoms with Gasteiger partial charge < -0.3 is 14.7 Å². The highest BCUT2D eigenvalue weighted by Crippen LogP contribution is 2.18. The molecular formula is C13H15F3N2O4. The fraction of sp³-hybridized carbons (Fsp3) is 0.462. The Hall–Kier alpha value is -2.32. The van der Waals surface area contributed by atoms with Crippen molar-refractivity contribution in [3.63, 3.8) is 0 Å². The van der Waals surface area contributed by atoms with E-state index in [0.717, 1.165) is 12.3 Å². The number of aromatic nitrogens is 1. The van der Waals surface area contributed by atoms with E-state index in [1.54, 1.807) is 6.92 Å². The first-order chi connectivity index (χ1) is 10.2. The lowest BCUT2D eigenvalue weighted by molar-refractivity contribution is -0.154. The molecule has 0 unspecified atom stereocenters. The summed E-state index contributed by atoms with van der Waals surface area (Å²) < 4.78 is 40.7. The van der Waals surface area contributed by atoms with Crippen LogP contribution in [0, 0.1) is 0 Å². The van der Waals surface area contributed by atoms with Crippen LogP contribution in [0.1, 0.15) is 23.7 Å². The maximum Gasteiger partial charge on any atom is 0.422 e. The van der Waals surface area contributed by atoms with Gasteiger partial charge in [-0.15, -0.1) is 0 Å². The number of hydrogen-bond donors (Lipinski definition) is 1. The van der Waals surface area contributed by atoms with Crippen LogP contribution >= 0.6 is 0 Å². The van der Waals surface area contributed by atoms with Gasteiger partial charge in [0.15, 0.2) is 6.61 Å². The molecule has 0 aliphatic carbocycles. The molecule has 0 saturated heterocycles. The van der Waals surface area contributed by atoms with Gasteiger partial charge in [-0.05, 0) is 13.0 Å². The minimum absolute atomic E-state index is 0.00569. The smallest absolute Gasteiger partial charge is 0.422 e. The van der Waals surface area contributed by atoms with Gasteiger partial charge >= 0.3 is 12.1 Å². The molecule has 1 heterocycles. The molecule has 0 spiro atoms. The first kappa shape index (κ1) is 17.7. The van der Waals surface area contributed by atoms with Crippen LogP contribution in [0.2, 0.25) is 0 Å². The minimum atomic E-state index is -4.50. The van der Waals surface area contributed by atoms with Gasteiger partial charge in [-0.2, -0.15) is 13.2 Å². The van der Waals surface area contributed by atoms with E-state index in [0.29, 0.717) is 0 Å². The number of hydrogen-bond acceptors (Lipinski definition) is 4. The molecule has 1 amide bonds. The molecule has 0 aromatic carbocycles. The van der Waals surface area contributed by atoms with Crippen LogP contribution in [-0.4, -0.2) is 52.7 Å². The molecule has 1 aromatic rings. The van der Waals surface area contributed by atoms with E-state index in [1.165, 1.54) is 11.0 Å². The fourth-order valence-electron chi connectivity index (χ4n) is 1.59. The summed E-state index contributed by atoms with van der Waals surface area (Å²) in [6.07, 6.45) is -3.56. The van der Waals surface area contributed by atoms with Crippen molar-refractivity contribution in [1.29, 1.82) is 0 Å². The molecule has 0 radical (unpaired) electrons. The van der Waals surface area contributed by atoms with Crippen LogP contribution in [0.15, 0.2) is 18.3 Å². The number of pyridine rings is 1. The van der Waals surface area contributed by atoms with E-state index < -0.39 is 24.7 Å². The molecule has 0 bridgehead atoms. The number of carboxylic acids is 1. The van der Waals surface area contributed by atoms with Gasteiger partial charge in [-0.3, -0.25) is 9.59 Å². The molecule has 0 fully saturated rings. The number of aliphatic carboxylic acids is 1. The van der Waals surface area contributed by atoms with Gasteiger partial charge in [-0.25, -0.2) is 4.98 Å². The molecular weight excluding hydrogens is 305 g/mol.